The van der Waals surface area contributed by atoms with Crippen molar-refractivity contribution in [1.82, 2.24) is 5.32 Å². The van der Waals surface area contributed by atoms with E-state index in [9.17, 15) is 13.6 Å². The number of halogens is 2. The van der Waals surface area contributed by atoms with Crippen LogP contribution >= 0.6 is 0 Å². The Morgan fingerprint density at radius 1 is 1.77 bits per heavy atom. The van der Waals surface area contributed by atoms with E-state index in [0.29, 0.717) is 5.70 Å². The number of allylic oxidation sites excluding steroid dienone is 1. The molecule has 1 aliphatic heterocycles. The monoisotopic (exact) mass is 189 g/mol. The Labute approximate surface area is 73.5 Å². The summed E-state index contributed by atoms with van der Waals surface area (Å²) in [5.41, 5.74) is 3.09. The second-order valence-electron chi connectivity index (χ2n) is 2.75. The summed E-state index contributed by atoms with van der Waals surface area (Å²) in [6.07, 6.45) is -0.756. The Bertz CT molecular complexity index is 287. The average Bonchev–Trinajstić information content (AvgIpc) is 2.03. The number of amides is 1. The van der Waals surface area contributed by atoms with E-state index in [2.05, 4.69) is 10.3 Å². The molecule has 1 heterocycles. The summed E-state index contributed by atoms with van der Waals surface area (Å²) in [5, 5.41) is 2.32. The molecule has 13 heavy (non-hydrogen) atoms. The highest BCUT2D eigenvalue weighted by Gasteiger charge is 2.45. The molecule has 0 aromatic heterocycles. The summed E-state index contributed by atoms with van der Waals surface area (Å²) in [6, 6.07) is 0. The number of hydrogen-bond acceptors (Lipinski definition) is 3. The first kappa shape index (κ1) is 9.63. The van der Waals surface area contributed by atoms with Gasteiger partial charge in [-0.25, -0.2) is 8.78 Å². The van der Waals surface area contributed by atoms with Crippen molar-refractivity contribution in [2.24, 2.45) is 10.7 Å². The third-order valence-corrected chi connectivity index (χ3v) is 1.70. The smallest absolute Gasteiger partial charge is 0.275 e. The fourth-order valence-corrected chi connectivity index (χ4v) is 1.00. The van der Waals surface area contributed by atoms with Gasteiger partial charge in [0.15, 0.2) is 0 Å². The van der Waals surface area contributed by atoms with E-state index in [-0.39, 0.29) is 0 Å². The van der Waals surface area contributed by atoms with Gasteiger partial charge in [0.05, 0.1) is 0 Å². The molecular weight excluding hydrogens is 180 g/mol. The van der Waals surface area contributed by atoms with E-state index in [1.165, 1.54) is 13.1 Å². The van der Waals surface area contributed by atoms with Crippen LogP contribution in [0.3, 0.4) is 0 Å². The Morgan fingerprint density at radius 2 is 2.38 bits per heavy atom. The Morgan fingerprint density at radius 3 is 2.69 bits per heavy atom. The van der Waals surface area contributed by atoms with Crippen LogP contribution in [0.25, 0.3) is 0 Å². The van der Waals surface area contributed by atoms with Crippen molar-refractivity contribution in [3.05, 3.63) is 11.9 Å². The van der Waals surface area contributed by atoms with Crippen molar-refractivity contribution in [3.8, 4) is 0 Å². The summed E-state index contributed by atoms with van der Waals surface area (Å²) in [4.78, 5) is 14.3. The van der Waals surface area contributed by atoms with Crippen LogP contribution in [0.5, 0.6) is 0 Å². The first-order chi connectivity index (χ1) is 5.99. The van der Waals surface area contributed by atoms with Crippen molar-refractivity contribution in [2.75, 3.05) is 0 Å². The quantitative estimate of drug-likeness (QED) is 0.642. The number of primary amides is 1. The van der Waals surface area contributed by atoms with Crippen molar-refractivity contribution in [2.45, 2.75) is 18.9 Å². The third kappa shape index (κ3) is 1.51. The van der Waals surface area contributed by atoms with Gasteiger partial charge in [-0.1, -0.05) is 0 Å². The van der Waals surface area contributed by atoms with Crippen molar-refractivity contribution < 1.29 is 13.6 Å². The number of rotatable bonds is 2. The number of hydrogen-bond donors (Lipinski definition) is 2. The molecule has 0 aromatic carbocycles. The average molecular weight is 189 g/mol. The van der Waals surface area contributed by atoms with Crippen LogP contribution in [-0.4, -0.2) is 24.1 Å². The molecule has 6 heteroatoms. The molecule has 0 saturated carbocycles. The standard InChI is InChI=1S/C7H9F2N3O/c1-4-2-11-3-7(12-4,5(8)9)6(10)13/h2-3,5,12H,1H3,(H2,10,13). The highest BCUT2D eigenvalue weighted by atomic mass is 19.3. The normalized spacial score (nSPS) is 26.9. The molecule has 3 N–H and O–H groups in total. The maximum absolute atomic E-state index is 12.5. The minimum Gasteiger partial charge on any atom is -0.367 e. The molecule has 1 aliphatic rings. The van der Waals surface area contributed by atoms with Gasteiger partial charge in [0.2, 0.25) is 5.54 Å². The van der Waals surface area contributed by atoms with Gasteiger partial charge >= 0.3 is 0 Å². The summed E-state index contributed by atoms with van der Waals surface area (Å²) in [5.74, 6) is -1.14. The number of carbonyl (C=O) groups excluding carboxylic acids is 1. The molecule has 72 valence electrons. The maximum atomic E-state index is 12.5. The van der Waals surface area contributed by atoms with Crippen LogP contribution in [0.4, 0.5) is 8.78 Å². The Kier molecular flexibility index (Phi) is 2.31. The molecule has 1 unspecified atom stereocenters. The lowest BCUT2D eigenvalue weighted by Crippen LogP contribution is -2.62. The number of alkyl halides is 2. The lowest BCUT2D eigenvalue weighted by Gasteiger charge is -2.29. The van der Waals surface area contributed by atoms with Gasteiger partial charge in [-0.3, -0.25) is 9.79 Å². The fourth-order valence-electron chi connectivity index (χ4n) is 1.00. The summed E-state index contributed by atoms with van der Waals surface area (Å²) >= 11 is 0. The van der Waals surface area contributed by atoms with E-state index >= 15 is 0 Å². The molecule has 4 nitrogen and oxygen atoms in total. The van der Waals surface area contributed by atoms with Crippen LogP contribution < -0.4 is 11.1 Å². The molecule has 1 amide bonds. The Balaban J connectivity index is 3.02. The summed E-state index contributed by atoms with van der Waals surface area (Å²) < 4.78 is 25.0. The molecule has 0 spiro atoms. The van der Waals surface area contributed by atoms with Crippen molar-refractivity contribution >= 4 is 12.1 Å². The molecule has 0 radical (unpaired) electrons. The molecule has 0 aromatic rings. The number of nitrogens with zero attached hydrogens (tertiary/aromatic N) is 1. The molecule has 1 atom stereocenters. The van der Waals surface area contributed by atoms with Crippen LogP contribution in [0, 0.1) is 0 Å². The first-order valence-electron chi connectivity index (χ1n) is 3.56. The molecule has 0 aliphatic carbocycles. The van der Waals surface area contributed by atoms with Gasteiger partial charge in [-0.15, -0.1) is 0 Å². The molecule has 1 rings (SSSR count). The first-order valence-corrected chi connectivity index (χ1v) is 3.56. The number of carbonyl (C=O) groups is 1. The van der Waals surface area contributed by atoms with E-state index < -0.39 is 17.9 Å². The fraction of sp³-hybridized carbons (Fsp3) is 0.429. The second-order valence-corrected chi connectivity index (χ2v) is 2.75. The van der Waals surface area contributed by atoms with E-state index in [1.807, 2.05) is 0 Å². The van der Waals surface area contributed by atoms with E-state index in [4.69, 9.17) is 5.73 Å². The SMILES string of the molecule is CC1=CN=CC(C(N)=O)(C(F)F)N1. The number of aliphatic imine (C=N–C) groups is 1. The maximum Gasteiger partial charge on any atom is 0.275 e. The topological polar surface area (TPSA) is 67.5 Å². The van der Waals surface area contributed by atoms with Crippen molar-refractivity contribution in [1.29, 1.82) is 0 Å². The van der Waals surface area contributed by atoms with Crippen LogP contribution in [0.2, 0.25) is 0 Å². The van der Waals surface area contributed by atoms with Gasteiger partial charge in [0.1, 0.15) is 0 Å². The predicted molar refractivity (Wildman–Crippen MR) is 43.3 cm³/mol. The highest BCUT2D eigenvalue weighted by molar-refractivity contribution is 6.03. The Hall–Kier alpha value is -1.46. The largest absolute Gasteiger partial charge is 0.367 e. The minimum absolute atomic E-state index is 0.376. The highest BCUT2D eigenvalue weighted by Crippen LogP contribution is 2.18. The van der Waals surface area contributed by atoms with Crippen LogP contribution in [-0.2, 0) is 4.79 Å². The zero-order valence-electron chi connectivity index (χ0n) is 6.92. The third-order valence-electron chi connectivity index (χ3n) is 1.70. The summed E-state index contributed by atoms with van der Waals surface area (Å²) in [7, 11) is 0. The van der Waals surface area contributed by atoms with E-state index in [0.717, 1.165) is 6.21 Å². The minimum atomic E-state index is -2.92. The predicted octanol–water partition coefficient (Wildman–Crippen LogP) is 0.0109. The summed E-state index contributed by atoms with van der Waals surface area (Å²) in [6.45, 7) is 1.52. The second kappa shape index (κ2) is 3.12. The molecular formula is C7H9F2N3O. The number of nitrogens with two attached hydrogens (primary N) is 1. The van der Waals surface area contributed by atoms with Crippen LogP contribution in [0.15, 0.2) is 16.9 Å². The molecule has 0 bridgehead atoms. The van der Waals surface area contributed by atoms with Gasteiger partial charge in [-0.2, -0.15) is 0 Å². The molecule has 0 fully saturated rings. The number of nitrogens with one attached hydrogen (secondary N) is 1. The van der Waals surface area contributed by atoms with Gasteiger partial charge in [0, 0.05) is 18.1 Å². The van der Waals surface area contributed by atoms with Crippen molar-refractivity contribution in [3.63, 3.8) is 0 Å². The zero-order chi connectivity index (χ0) is 10.1. The zero-order valence-corrected chi connectivity index (χ0v) is 6.92. The van der Waals surface area contributed by atoms with Gasteiger partial charge < -0.3 is 11.1 Å². The lowest BCUT2D eigenvalue weighted by atomic mass is 10.00. The van der Waals surface area contributed by atoms with E-state index in [1.54, 1.807) is 0 Å². The van der Waals surface area contributed by atoms with Gasteiger partial charge in [0.25, 0.3) is 12.3 Å². The van der Waals surface area contributed by atoms with Crippen LogP contribution in [0.1, 0.15) is 6.92 Å². The molecule has 0 saturated heterocycles. The lowest BCUT2D eigenvalue weighted by molar-refractivity contribution is -0.126. The van der Waals surface area contributed by atoms with Gasteiger partial charge in [-0.05, 0) is 6.92 Å².